The number of rotatable bonds is 1. The highest BCUT2D eigenvalue weighted by molar-refractivity contribution is 5.85. The van der Waals surface area contributed by atoms with Crippen LogP contribution >= 0.6 is 12.4 Å². The topological polar surface area (TPSA) is 26.0 Å². The molecule has 0 aromatic rings. The lowest BCUT2D eigenvalue weighted by Crippen LogP contribution is -2.29. The van der Waals surface area contributed by atoms with Crippen LogP contribution in [-0.4, -0.2) is 6.54 Å². The molecule has 1 aliphatic rings. The van der Waals surface area contributed by atoms with Crippen LogP contribution in [0, 0.1) is 5.41 Å². The lowest BCUT2D eigenvalue weighted by molar-refractivity contribution is 0.226. The van der Waals surface area contributed by atoms with Crippen molar-refractivity contribution >= 4 is 12.4 Å². The van der Waals surface area contributed by atoms with E-state index in [1.165, 1.54) is 32.1 Å². The largest absolute Gasteiger partial charge is 0.330 e. The van der Waals surface area contributed by atoms with Crippen molar-refractivity contribution in [3.05, 3.63) is 0 Å². The minimum atomic E-state index is 0. The van der Waals surface area contributed by atoms with E-state index in [9.17, 15) is 0 Å². The molecular weight excluding hydrogens is 146 g/mol. The molecule has 0 aromatic heterocycles. The molecule has 0 heterocycles. The van der Waals surface area contributed by atoms with E-state index in [1.54, 1.807) is 0 Å². The lowest BCUT2D eigenvalue weighted by Gasteiger charge is -2.31. The Morgan fingerprint density at radius 2 is 1.70 bits per heavy atom. The Bertz CT molecular complexity index is 87.3. The molecule has 0 bridgehead atoms. The van der Waals surface area contributed by atoms with E-state index in [0.717, 1.165) is 6.54 Å². The van der Waals surface area contributed by atoms with Gasteiger partial charge in [0, 0.05) is 0 Å². The summed E-state index contributed by atoms with van der Waals surface area (Å²) in [6, 6.07) is 0. The zero-order valence-corrected chi connectivity index (χ0v) is 7.54. The molecule has 2 N–H and O–H groups in total. The molecule has 1 rings (SSSR count). The minimum absolute atomic E-state index is 0. The maximum atomic E-state index is 5.64. The van der Waals surface area contributed by atoms with E-state index < -0.39 is 0 Å². The van der Waals surface area contributed by atoms with Crippen LogP contribution < -0.4 is 5.73 Å². The highest BCUT2D eigenvalue weighted by Crippen LogP contribution is 2.34. The average Bonchev–Trinajstić information content (AvgIpc) is 1.90. The van der Waals surface area contributed by atoms with Crippen LogP contribution in [0.25, 0.3) is 0 Å². The molecule has 2 heteroatoms. The van der Waals surface area contributed by atoms with Crippen LogP contribution in [0.4, 0.5) is 0 Å². The van der Waals surface area contributed by atoms with Gasteiger partial charge in [-0.05, 0) is 24.8 Å². The summed E-state index contributed by atoms with van der Waals surface area (Å²) in [5.74, 6) is 0. The minimum Gasteiger partial charge on any atom is -0.330 e. The summed E-state index contributed by atoms with van der Waals surface area (Å²) in [5.41, 5.74) is 6.14. The van der Waals surface area contributed by atoms with Gasteiger partial charge in [-0.1, -0.05) is 26.2 Å². The van der Waals surface area contributed by atoms with Gasteiger partial charge in [0.05, 0.1) is 0 Å². The maximum Gasteiger partial charge on any atom is -0.00232 e. The van der Waals surface area contributed by atoms with Crippen molar-refractivity contribution < 1.29 is 0 Å². The van der Waals surface area contributed by atoms with Gasteiger partial charge in [-0.25, -0.2) is 0 Å². The van der Waals surface area contributed by atoms with E-state index in [1.807, 2.05) is 0 Å². The average molecular weight is 164 g/mol. The van der Waals surface area contributed by atoms with Crippen LogP contribution in [0.1, 0.15) is 39.0 Å². The Balaban J connectivity index is 0.000000810. The van der Waals surface area contributed by atoms with Gasteiger partial charge in [-0.15, -0.1) is 12.4 Å². The van der Waals surface area contributed by atoms with E-state index >= 15 is 0 Å². The third-order valence-electron chi connectivity index (χ3n) is 2.55. The number of nitrogens with two attached hydrogens (primary N) is 1. The molecule has 0 amide bonds. The first-order valence-electron chi connectivity index (χ1n) is 3.97. The molecule has 0 radical (unpaired) electrons. The smallest absolute Gasteiger partial charge is 0.00232 e. The van der Waals surface area contributed by atoms with Gasteiger partial charge in [-0.2, -0.15) is 0 Å². The zero-order valence-electron chi connectivity index (χ0n) is 6.73. The molecule has 10 heavy (non-hydrogen) atoms. The summed E-state index contributed by atoms with van der Waals surface area (Å²) in [4.78, 5) is 0. The van der Waals surface area contributed by atoms with Crippen LogP contribution in [0.15, 0.2) is 0 Å². The molecule has 0 aliphatic heterocycles. The van der Waals surface area contributed by atoms with Gasteiger partial charge >= 0.3 is 0 Å². The van der Waals surface area contributed by atoms with Gasteiger partial charge in [0.2, 0.25) is 0 Å². The Kier molecular flexibility index (Phi) is 4.30. The van der Waals surface area contributed by atoms with Crippen molar-refractivity contribution in [2.24, 2.45) is 11.1 Å². The molecule has 1 nitrogen and oxygen atoms in total. The first-order chi connectivity index (χ1) is 4.27. The highest BCUT2D eigenvalue weighted by atomic mass is 35.5. The van der Waals surface area contributed by atoms with Crippen molar-refractivity contribution in [2.75, 3.05) is 6.54 Å². The Morgan fingerprint density at radius 1 is 1.20 bits per heavy atom. The number of hydrogen-bond donors (Lipinski definition) is 1. The van der Waals surface area contributed by atoms with Crippen LogP contribution in [0.2, 0.25) is 0 Å². The van der Waals surface area contributed by atoms with E-state index in [2.05, 4.69) is 6.92 Å². The Labute approximate surface area is 69.8 Å². The SMILES string of the molecule is CC1(CN)CCCCC1.Cl. The summed E-state index contributed by atoms with van der Waals surface area (Å²) in [5, 5.41) is 0. The summed E-state index contributed by atoms with van der Waals surface area (Å²) in [6.45, 7) is 3.19. The standard InChI is InChI=1S/C8H17N.ClH/c1-8(7-9)5-3-2-4-6-8;/h2-7,9H2,1H3;1H. The van der Waals surface area contributed by atoms with E-state index in [-0.39, 0.29) is 12.4 Å². The van der Waals surface area contributed by atoms with Crippen molar-refractivity contribution in [3.63, 3.8) is 0 Å². The summed E-state index contributed by atoms with van der Waals surface area (Å²) in [6.07, 6.45) is 6.92. The molecule has 0 saturated heterocycles. The molecule has 0 unspecified atom stereocenters. The molecule has 1 fully saturated rings. The number of hydrogen-bond acceptors (Lipinski definition) is 1. The van der Waals surface area contributed by atoms with Crippen molar-refractivity contribution in [2.45, 2.75) is 39.0 Å². The predicted octanol–water partition coefficient (Wildman–Crippen LogP) is 2.34. The fraction of sp³-hybridized carbons (Fsp3) is 1.00. The quantitative estimate of drug-likeness (QED) is 0.631. The molecule has 0 spiro atoms. The molecule has 0 aromatic carbocycles. The molecule has 62 valence electrons. The summed E-state index contributed by atoms with van der Waals surface area (Å²) >= 11 is 0. The van der Waals surface area contributed by atoms with Crippen LogP contribution in [0.5, 0.6) is 0 Å². The van der Waals surface area contributed by atoms with Crippen LogP contribution in [-0.2, 0) is 0 Å². The second-order valence-corrected chi connectivity index (χ2v) is 3.58. The number of halogens is 1. The van der Waals surface area contributed by atoms with Crippen molar-refractivity contribution in [1.29, 1.82) is 0 Å². The van der Waals surface area contributed by atoms with Gasteiger partial charge in [-0.3, -0.25) is 0 Å². The fourth-order valence-corrected chi connectivity index (χ4v) is 1.61. The van der Waals surface area contributed by atoms with Gasteiger partial charge < -0.3 is 5.73 Å². The van der Waals surface area contributed by atoms with Gasteiger partial charge in [0.15, 0.2) is 0 Å². The highest BCUT2D eigenvalue weighted by Gasteiger charge is 2.24. The van der Waals surface area contributed by atoms with E-state index in [4.69, 9.17) is 5.73 Å². The maximum absolute atomic E-state index is 5.64. The normalized spacial score (nSPS) is 23.4. The summed E-state index contributed by atoms with van der Waals surface area (Å²) in [7, 11) is 0. The lowest BCUT2D eigenvalue weighted by atomic mass is 9.76. The second-order valence-electron chi connectivity index (χ2n) is 3.58. The zero-order chi connectivity index (χ0) is 6.74. The fourth-order valence-electron chi connectivity index (χ4n) is 1.61. The predicted molar refractivity (Wildman–Crippen MR) is 47.5 cm³/mol. The first-order valence-corrected chi connectivity index (χ1v) is 3.97. The second kappa shape index (κ2) is 4.20. The third kappa shape index (κ3) is 2.47. The molecule has 1 saturated carbocycles. The van der Waals surface area contributed by atoms with Gasteiger partial charge in [0.25, 0.3) is 0 Å². The molecule has 0 atom stereocenters. The van der Waals surface area contributed by atoms with Gasteiger partial charge in [0.1, 0.15) is 0 Å². The molecule has 1 aliphatic carbocycles. The summed E-state index contributed by atoms with van der Waals surface area (Å²) < 4.78 is 0. The Hall–Kier alpha value is 0.250. The first kappa shape index (κ1) is 10.2. The van der Waals surface area contributed by atoms with Crippen molar-refractivity contribution in [3.8, 4) is 0 Å². The Morgan fingerprint density at radius 3 is 2.00 bits per heavy atom. The van der Waals surface area contributed by atoms with Crippen molar-refractivity contribution in [1.82, 2.24) is 0 Å². The third-order valence-corrected chi connectivity index (χ3v) is 2.55. The van der Waals surface area contributed by atoms with E-state index in [0.29, 0.717) is 5.41 Å². The monoisotopic (exact) mass is 163 g/mol. The molecular formula is C8H18ClN. The van der Waals surface area contributed by atoms with Crippen LogP contribution in [0.3, 0.4) is 0 Å².